The molecule has 1 unspecified atom stereocenters. The van der Waals surface area contributed by atoms with Crippen molar-refractivity contribution in [3.05, 3.63) is 0 Å². The molecule has 3 heteroatoms. The summed E-state index contributed by atoms with van der Waals surface area (Å²) in [6.45, 7) is 0.774. The Morgan fingerprint density at radius 2 is 1.85 bits per heavy atom. The zero-order valence-electron chi connectivity index (χ0n) is 8.34. The molecule has 1 atom stereocenters. The molecule has 0 aliphatic heterocycles. The molecule has 2 N–H and O–H groups in total. The highest BCUT2D eigenvalue weighted by Crippen LogP contribution is 2.23. The van der Waals surface area contributed by atoms with Gasteiger partial charge in [0.1, 0.15) is 0 Å². The molecular weight excluding hydrogens is 182 g/mol. The van der Waals surface area contributed by atoms with E-state index in [1.54, 1.807) is 0 Å². The van der Waals surface area contributed by atoms with Gasteiger partial charge >= 0.3 is 0 Å². The number of hydrogen-bond donors (Lipinski definition) is 1. The Labute approximate surface area is 83.7 Å². The van der Waals surface area contributed by atoms with Crippen molar-refractivity contribution < 1.29 is 4.21 Å². The molecular formula is C10H21NOS. The van der Waals surface area contributed by atoms with Gasteiger partial charge in [0.2, 0.25) is 0 Å². The normalized spacial score (nSPS) is 20.7. The minimum Gasteiger partial charge on any atom is -0.330 e. The highest BCUT2D eigenvalue weighted by molar-refractivity contribution is 7.85. The van der Waals surface area contributed by atoms with E-state index in [0.717, 1.165) is 31.6 Å². The molecule has 0 radical (unpaired) electrons. The lowest BCUT2D eigenvalue weighted by molar-refractivity contribution is 0.659. The van der Waals surface area contributed by atoms with Crippen molar-refractivity contribution >= 4 is 10.8 Å². The van der Waals surface area contributed by atoms with E-state index in [1.165, 1.54) is 25.7 Å². The monoisotopic (exact) mass is 203 g/mol. The molecule has 1 aliphatic rings. The van der Waals surface area contributed by atoms with Crippen LogP contribution in [-0.4, -0.2) is 21.8 Å². The average molecular weight is 203 g/mol. The maximum absolute atomic E-state index is 11.7. The molecule has 0 heterocycles. The van der Waals surface area contributed by atoms with Crippen molar-refractivity contribution in [2.75, 3.05) is 12.3 Å². The number of hydrogen-bond acceptors (Lipinski definition) is 2. The Morgan fingerprint density at radius 3 is 2.46 bits per heavy atom. The van der Waals surface area contributed by atoms with Crippen LogP contribution < -0.4 is 5.73 Å². The van der Waals surface area contributed by atoms with E-state index in [9.17, 15) is 4.21 Å². The lowest BCUT2D eigenvalue weighted by Crippen LogP contribution is -2.13. The summed E-state index contributed by atoms with van der Waals surface area (Å²) in [7, 11) is -0.540. The van der Waals surface area contributed by atoms with Crippen molar-refractivity contribution in [1.29, 1.82) is 0 Å². The van der Waals surface area contributed by atoms with Crippen LogP contribution in [-0.2, 0) is 10.8 Å². The van der Waals surface area contributed by atoms with Gasteiger partial charge in [-0.1, -0.05) is 19.3 Å². The van der Waals surface area contributed by atoms with Gasteiger partial charge in [0.15, 0.2) is 0 Å². The fraction of sp³-hybridized carbons (Fsp3) is 1.00. The molecule has 1 aliphatic carbocycles. The molecule has 1 fully saturated rings. The third-order valence-corrected chi connectivity index (χ3v) is 4.63. The van der Waals surface area contributed by atoms with Gasteiger partial charge in [0.05, 0.1) is 0 Å². The van der Waals surface area contributed by atoms with E-state index in [1.807, 2.05) is 0 Å². The van der Waals surface area contributed by atoms with Gasteiger partial charge in [-0.15, -0.1) is 0 Å². The van der Waals surface area contributed by atoms with E-state index >= 15 is 0 Å². The van der Waals surface area contributed by atoms with E-state index in [4.69, 9.17) is 5.73 Å². The topological polar surface area (TPSA) is 43.1 Å². The molecule has 2 nitrogen and oxygen atoms in total. The Balaban J connectivity index is 2.03. The second kappa shape index (κ2) is 6.55. The summed E-state index contributed by atoms with van der Waals surface area (Å²) in [5.41, 5.74) is 5.39. The molecule has 0 bridgehead atoms. The standard InChI is InChI=1S/C10H21NOS/c11-8-4-1-5-9-13(12)10-6-2-3-7-10/h10H,1-9,11H2. The molecule has 0 amide bonds. The number of unbranched alkanes of at least 4 members (excludes halogenated alkanes) is 2. The highest BCUT2D eigenvalue weighted by Gasteiger charge is 2.20. The fourth-order valence-corrected chi connectivity index (χ4v) is 3.56. The summed E-state index contributed by atoms with van der Waals surface area (Å²) in [5.74, 6) is 0.907. The smallest absolute Gasteiger partial charge is 0.0348 e. The number of nitrogens with two attached hydrogens (primary N) is 1. The molecule has 0 saturated heterocycles. The fourth-order valence-electron chi connectivity index (χ4n) is 1.88. The summed E-state index contributed by atoms with van der Waals surface area (Å²) in [5, 5.41) is 0.526. The first-order valence-electron chi connectivity index (χ1n) is 5.42. The molecule has 0 aromatic carbocycles. The van der Waals surface area contributed by atoms with Gasteiger partial charge < -0.3 is 5.73 Å². The molecule has 1 saturated carbocycles. The predicted molar refractivity (Wildman–Crippen MR) is 58.2 cm³/mol. The highest BCUT2D eigenvalue weighted by atomic mass is 32.2. The molecule has 0 spiro atoms. The van der Waals surface area contributed by atoms with Crippen LogP contribution in [0.4, 0.5) is 0 Å². The summed E-state index contributed by atoms with van der Waals surface area (Å²) in [6, 6.07) is 0. The first-order chi connectivity index (χ1) is 6.34. The van der Waals surface area contributed by atoms with Crippen molar-refractivity contribution in [2.45, 2.75) is 50.2 Å². The van der Waals surface area contributed by atoms with Crippen molar-refractivity contribution in [2.24, 2.45) is 5.73 Å². The molecule has 0 aromatic heterocycles. The Morgan fingerprint density at radius 1 is 1.15 bits per heavy atom. The van der Waals surface area contributed by atoms with Crippen LogP contribution in [0.2, 0.25) is 0 Å². The molecule has 0 aromatic rings. The largest absolute Gasteiger partial charge is 0.330 e. The van der Waals surface area contributed by atoms with Crippen LogP contribution in [0.15, 0.2) is 0 Å². The van der Waals surface area contributed by atoms with Gasteiger partial charge in [-0.3, -0.25) is 4.21 Å². The van der Waals surface area contributed by atoms with Crippen LogP contribution in [0, 0.1) is 0 Å². The molecule has 1 rings (SSSR count). The lowest BCUT2D eigenvalue weighted by atomic mass is 10.2. The van der Waals surface area contributed by atoms with Crippen LogP contribution in [0.1, 0.15) is 44.9 Å². The van der Waals surface area contributed by atoms with Gasteiger partial charge in [0, 0.05) is 21.8 Å². The van der Waals surface area contributed by atoms with E-state index in [2.05, 4.69) is 0 Å². The summed E-state index contributed by atoms with van der Waals surface area (Å²) < 4.78 is 11.7. The van der Waals surface area contributed by atoms with Crippen LogP contribution in [0.3, 0.4) is 0 Å². The third kappa shape index (κ3) is 4.23. The van der Waals surface area contributed by atoms with E-state index in [0.29, 0.717) is 5.25 Å². The van der Waals surface area contributed by atoms with Crippen LogP contribution in [0.25, 0.3) is 0 Å². The average Bonchev–Trinajstić information content (AvgIpc) is 2.65. The van der Waals surface area contributed by atoms with Gasteiger partial charge in [0.25, 0.3) is 0 Å². The zero-order chi connectivity index (χ0) is 9.52. The quantitative estimate of drug-likeness (QED) is 0.669. The summed E-state index contributed by atoms with van der Waals surface area (Å²) in [6.07, 6.45) is 8.31. The van der Waals surface area contributed by atoms with Gasteiger partial charge in [-0.25, -0.2) is 0 Å². The second-order valence-corrected chi connectivity index (χ2v) is 5.68. The second-order valence-electron chi connectivity index (χ2n) is 3.84. The van der Waals surface area contributed by atoms with Crippen molar-refractivity contribution in [3.8, 4) is 0 Å². The predicted octanol–water partition coefficient (Wildman–Crippen LogP) is 1.81. The van der Waals surface area contributed by atoms with Crippen molar-refractivity contribution in [3.63, 3.8) is 0 Å². The SMILES string of the molecule is NCCCCCS(=O)C1CCCC1. The molecule has 78 valence electrons. The maximum Gasteiger partial charge on any atom is 0.0348 e. The van der Waals surface area contributed by atoms with E-state index in [-0.39, 0.29) is 0 Å². The van der Waals surface area contributed by atoms with Crippen molar-refractivity contribution in [1.82, 2.24) is 0 Å². The zero-order valence-corrected chi connectivity index (χ0v) is 9.15. The lowest BCUT2D eigenvalue weighted by Gasteiger charge is -2.08. The Bertz CT molecular complexity index is 155. The minimum absolute atomic E-state index is 0.526. The Hall–Kier alpha value is 0.110. The van der Waals surface area contributed by atoms with Crippen LogP contribution >= 0.6 is 0 Å². The maximum atomic E-state index is 11.7. The van der Waals surface area contributed by atoms with E-state index < -0.39 is 10.8 Å². The van der Waals surface area contributed by atoms with Gasteiger partial charge in [-0.05, 0) is 32.2 Å². The summed E-state index contributed by atoms with van der Waals surface area (Å²) >= 11 is 0. The first kappa shape index (κ1) is 11.2. The third-order valence-electron chi connectivity index (χ3n) is 2.72. The minimum atomic E-state index is -0.540. The van der Waals surface area contributed by atoms with Crippen LogP contribution in [0.5, 0.6) is 0 Å². The number of rotatable bonds is 6. The van der Waals surface area contributed by atoms with Gasteiger partial charge in [-0.2, -0.15) is 0 Å². The summed E-state index contributed by atoms with van der Waals surface area (Å²) in [4.78, 5) is 0. The first-order valence-corrected chi connectivity index (χ1v) is 6.80. The molecule has 13 heavy (non-hydrogen) atoms. The Kier molecular flexibility index (Phi) is 5.63.